The third-order valence-corrected chi connectivity index (χ3v) is 2.62. The molecule has 2 rings (SSSR count). The number of aliphatic imine (C=N–C) groups is 1. The number of benzene rings is 1. The molecule has 0 bridgehead atoms. The summed E-state index contributed by atoms with van der Waals surface area (Å²) in [4.78, 5) is 4.51. The summed E-state index contributed by atoms with van der Waals surface area (Å²) in [7, 11) is 0. The number of aryl methyl sites for hydroxylation is 2. The fourth-order valence-corrected chi connectivity index (χ4v) is 1.89. The van der Waals surface area contributed by atoms with Crippen molar-refractivity contribution in [3.8, 4) is 0 Å². The molecule has 1 aliphatic rings. The van der Waals surface area contributed by atoms with Gasteiger partial charge >= 0.3 is 0 Å². The van der Waals surface area contributed by atoms with Gasteiger partial charge < -0.3 is 5.32 Å². The molecular weight excluding hydrogens is 172 g/mol. The predicted octanol–water partition coefficient (Wildman–Crippen LogP) is 2.04. The highest BCUT2D eigenvalue weighted by atomic mass is 15.1. The molecule has 0 radical (unpaired) electrons. The Hall–Kier alpha value is -1.31. The second-order valence-corrected chi connectivity index (χ2v) is 4.00. The summed E-state index contributed by atoms with van der Waals surface area (Å²) < 4.78 is 0. The van der Waals surface area contributed by atoms with Gasteiger partial charge in [-0.05, 0) is 31.9 Å². The lowest BCUT2D eigenvalue weighted by Gasteiger charge is -2.11. The highest BCUT2D eigenvalue weighted by molar-refractivity contribution is 6.02. The van der Waals surface area contributed by atoms with Crippen LogP contribution in [0.1, 0.15) is 23.6 Å². The van der Waals surface area contributed by atoms with Crippen LogP contribution < -0.4 is 5.32 Å². The van der Waals surface area contributed by atoms with E-state index in [-0.39, 0.29) is 0 Å². The van der Waals surface area contributed by atoms with Gasteiger partial charge in [0.05, 0.1) is 6.54 Å². The molecule has 1 aromatic rings. The van der Waals surface area contributed by atoms with Crippen LogP contribution in [0.5, 0.6) is 0 Å². The fraction of sp³-hybridized carbons (Fsp3) is 0.417. The average molecular weight is 188 g/mol. The first kappa shape index (κ1) is 9.25. The van der Waals surface area contributed by atoms with Gasteiger partial charge in [-0.25, -0.2) is 0 Å². The lowest BCUT2D eigenvalue weighted by atomic mass is 10.0. The zero-order chi connectivity index (χ0) is 10.1. The molecule has 0 aliphatic carbocycles. The van der Waals surface area contributed by atoms with Gasteiger partial charge in [-0.15, -0.1) is 0 Å². The molecule has 2 heteroatoms. The summed E-state index contributed by atoms with van der Waals surface area (Å²) in [5.41, 5.74) is 3.87. The van der Waals surface area contributed by atoms with Crippen molar-refractivity contribution >= 4 is 5.84 Å². The van der Waals surface area contributed by atoms with Crippen LogP contribution in [0.15, 0.2) is 23.2 Å². The zero-order valence-electron chi connectivity index (χ0n) is 8.96. The van der Waals surface area contributed by atoms with E-state index in [2.05, 4.69) is 49.3 Å². The molecule has 1 aliphatic heterocycles. The Morgan fingerprint density at radius 2 is 1.93 bits per heavy atom. The van der Waals surface area contributed by atoms with Crippen molar-refractivity contribution in [2.24, 2.45) is 4.99 Å². The van der Waals surface area contributed by atoms with Gasteiger partial charge in [-0.1, -0.05) is 18.2 Å². The van der Waals surface area contributed by atoms with Gasteiger partial charge in [0, 0.05) is 11.6 Å². The van der Waals surface area contributed by atoms with Crippen LogP contribution in [0.25, 0.3) is 0 Å². The van der Waals surface area contributed by atoms with Gasteiger partial charge in [0.2, 0.25) is 0 Å². The van der Waals surface area contributed by atoms with Crippen LogP contribution in [-0.4, -0.2) is 18.4 Å². The van der Waals surface area contributed by atoms with E-state index < -0.39 is 0 Å². The van der Waals surface area contributed by atoms with Gasteiger partial charge in [0.1, 0.15) is 5.84 Å². The highest BCUT2D eigenvalue weighted by Gasteiger charge is 2.16. The zero-order valence-corrected chi connectivity index (χ0v) is 8.96. The second kappa shape index (κ2) is 3.45. The van der Waals surface area contributed by atoms with Crippen molar-refractivity contribution in [3.05, 3.63) is 34.9 Å². The number of rotatable bonds is 1. The monoisotopic (exact) mass is 188 g/mol. The van der Waals surface area contributed by atoms with E-state index >= 15 is 0 Å². The minimum Gasteiger partial charge on any atom is -0.366 e. The lowest BCUT2D eigenvalue weighted by Crippen LogP contribution is -2.28. The quantitative estimate of drug-likeness (QED) is 0.716. The molecule has 1 unspecified atom stereocenters. The molecule has 0 fully saturated rings. The molecule has 1 heterocycles. The van der Waals surface area contributed by atoms with Crippen LogP contribution in [0.4, 0.5) is 0 Å². The van der Waals surface area contributed by atoms with Crippen molar-refractivity contribution < 1.29 is 0 Å². The Morgan fingerprint density at radius 3 is 2.43 bits per heavy atom. The summed E-state index contributed by atoms with van der Waals surface area (Å²) in [6, 6.07) is 6.84. The Balaban J connectivity index is 2.42. The van der Waals surface area contributed by atoms with Crippen LogP contribution in [0.2, 0.25) is 0 Å². The summed E-state index contributed by atoms with van der Waals surface area (Å²) in [5.74, 6) is 1.06. The second-order valence-electron chi connectivity index (χ2n) is 4.00. The molecule has 0 aromatic heterocycles. The number of nitrogens with zero attached hydrogens (tertiary/aromatic N) is 1. The standard InChI is InChI=1S/C12H16N2/c1-8-5-4-6-9(2)11(8)12-13-7-10(3)14-12/h4-6,10H,7H2,1-3H3,(H,13,14). The molecule has 2 nitrogen and oxygen atoms in total. The van der Waals surface area contributed by atoms with Gasteiger partial charge in [-0.3, -0.25) is 4.99 Å². The van der Waals surface area contributed by atoms with Crippen molar-refractivity contribution in [1.29, 1.82) is 0 Å². The molecule has 0 amide bonds. The maximum absolute atomic E-state index is 4.51. The average Bonchev–Trinajstić information content (AvgIpc) is 2.51. The van der Waals surface area contributed by atoms with Crippen LogP contribution in [-0.2, 0) is 0 Å². The molecule has 14 heavy (non-hydrogen) atoms. The number of amidine groups is 1. The summed E-state index contributed by atoms with van der Waals surface area (Å²) in [5, 5.41) is 3.40. The van der Waals surface area contributed by atoms with Crippen molar-refractivity contribution in [1.82, 2.24) is 5.32 Å². The maximum atomic E-state index is 4.51. The van der Waals surface area contributed by atoms with Crippen LogP contribution in [0.3, 0.4) is 0 Å². The summed E-state index contributed by atoms with van der Waals surface area (Å²) in [6.07, 6.45) is 0. The lowest BCUT2D eigenvalue weighted by molar-refractivity contribution is 0.726. The highest BCUT2D eigenvalue weighted by Crippen LogP contribution is 2.15. The van der Waals surface area contributed by atoms with Crippen molar-refractivity contribution in [2.75, 3.05) is 6.54 Å². The molecule has 0 saturated carbocycles. The molecule has 74 valence electrons. The Bertz CT molecular complexity index is 360. The van der Waals surface area contributed by atoms with E-state index in [0.29, 0.717) is 6.04 Å². The first-order chi connectivity index (χ1) is 6.68. The van der Waals surface area contributed by atoms with Crippen molar-refractivity contribution in [3.63, 3.8) is 0 Å². The van der Waals surface area contributed by atoms with E-state index in [1.165, 1.54) is 16.7 Å². The topological polar surface area (TPSA) is 24.4 Å². The maximum Gasteiger partial charge on any atom is 0.129 e. The molecule has 1 atom stereocenters. The Kier molecular flexibility index (Phi) is 2.28. The number of nitrogens with one attached hydrogen (secondary N) is 1. The minimum absolute atomic E-state index is 0.476. The van der Waals surface area contributed by atoms with Crippen LogP contribution >= 0.6 is 0 Å². The molecule has 1 N–H and O–H groups in total. The van der Waals surface area contributed by atoms with Gasteiger partial charge in [0.15, 0.2) is 0 Å². The number of hydrogen-bond donors (Lipinski definition) is 1. The normalized spacial score (nSPS) is 20.5. The van der Waals surface area contributed by atoms with Gasteiger partial charge in [-0.2, -0.15) is 0 Å². The molecule has 1 aromatic carbocycles. The SMILES string of the molecule is Cc1cccc(C)c1C1=NCC(C)N1. The van der Waals surface area contributed by atoms with Crippen LogP contribution in [0, 0.1) is 13.8 Å². The minimum atomic E-state index is 0.476. The van der Waals surface area contributed by atoms with E-state index in [9.17, 15) is 0 Å². The first-order valence-electron chi connectivity index (χ1n) is 5.06. The third kappa shape index (κ3) is 1.52. The fourth-order valence-electron chi connectivity index (χ4n) is 1.89. The summed E-state index contributed by atoms with van der Waals surface area (Å²) in [6.45, 7) is 7.32. The largest absolute Gasteiger partial charge is 0.366 e. The van der Waals surface area contributed by atoms with E-state index in [4.69, 9.17) is 0 Å². The smallest absolute Gasteiger partial charge is 0.129 e. The van der Waals surface area contributed by atoms with E-state index in [0.717, 1.165) is 12.4 Å². The van der Waals surface area contributed by atoms with E-state index in [1.54, 1.807) is 0 Å². The molecule has 0 spiro atoms. The number of hydrogen-bond acceptors (Lipinski definition) is 2. The third-order valence-electron chi connectivity index (χ3n) is 2.62. The predicted molar refractivity (Wildman–Crippen MR) is 59.9 cm³/mol. The van der Waals surface area contributed by atoms with E-state index in [1.807, 2.05) is 0 Å². The summed E-state index contributed by atoms with van der Waals surface area (Å²) >= 11 is 0. The molecular formula is C12H16N2. The first-order valence-corrected chi connectivity index (χ1v) is 5.06. The Labute approximate surface area is 85.1 Å². The Morgan fingerprint density at radius 1 is 1.29 bits per heavy atom. The molecule has 0 saturated heterocycles. The van der Waals surface area contributed by atoms with Crippen molar-refractivity contribution in [2.45, 2.75) is 26.8 Å². The van der Waals surface area contributed by atoms with Gasteiger partial charge in [0.25, 0.3) is 0 Å².